The number of aryl methyl sites for hydroxylation is 1. The van der Waals surface area contributed by atoms with Crippen LogP contribution in [0.5, 0.6) is 0 Å². The Balaban J connectivity index is 2.62. The average Bonchev–Trinajstić information content (AvgIpc) is 2.55. The highest BCUT2D eigenvalue weighted by atomic mass is 79.9. The zero-order valence-corrected chi connectivity index (χ0v) is 10.4. The maximum Gasteiger partial charge on any atom is 0.261 e. The molecule has 0 radical (unpaired) electrons. The third-order valence-electron chi connectivity index (χ3n) is 1.64. The summed E-state index contributed by atoms with van der Waals surface area (Å²) >= 11 is 4.67. The summed E-state index contributed by atoms with van der Waals surface area (Å²) in [6, 6.07) is 1.77. The van der Waals surface area contributed by atoms with Crippen LogP contribution in [0.4, 0.5) is 0 Å². The van der Waals surface area contributed by atoms with Crippen LogP contribution in [0.3, 0.4) is 0 Å². The number of amides is 1. The highest BCUT2D eigenvalue weighted by molar-refractivity contribution is 9.11. The van der Waals surface area contributed by atoms with Gasteiger partial charge in [-0.15, -0.1) is 11.3 Å². The minimum Gasteiger partial charge on any atom is -0.409 e. The van der Waals surface area contributed by atoms with Gasteiger partial charge in [0.15, 0.2) is 5.84 Å². The van der Waals surface area contributed by atoms with E-state index in [0.717, 1.165) is 9.35 Å². The Morgan fingerprint density at radius 2 is 2.47 bits per heavy atom. The predicted molar refractivity (Wildman–Crippen MR) is 62.5 cm³/mol. The molecule has 0 saturated heterocycles. The Labute approximate surface area is 99.1 Å². The maximum atomic E-state index is 11.5. The first kappa shape index (κ1) is 12.0. The molecule has 1 aromatic rings. The summed E-state index contributed by atoms with van der Waals surface area (Å²) in [6.07, 6.45) is 0. The molecular weight excluding hydrogens is 282 g/mol. The standard InChI is InChI=1S/C8H10BrN3O2S/c1-4-2-5(15-7(4)9)8(13)11-3-6(10)12-14/h2,14H,3H2,1H3,(H2,10,12)(H,11,13). The van der Waals surface area contributed by atoms with Crippen molar-refractivity contribution in [2.45, 2.75) is 6.92 Å². The summed E-state index contributed by atoms with van der Waals surface area (Å²) in [5.41, 5.74) is 6.22. The number of oxime groups is 1. The number of thiophene rings is 1. The number of nitrogens with one attached hydrogen (secondary N) is 1. The number of nitrogens with zero attached hydrogens (tertiary/aromatic N) is 1. The van der Waals surface area contributed by atoms with E-state index in [1.54, 1.807) is 6.07 Å². The summed E-state index contributed by atoms with van der Waals surface area (Å²) in [5, 5.41) is 13.5. The molecule has 0 fully saturated rings. The van der Waals surface area contributed by atoms with Gasteiger partial charge in [-0.2, -0.15) is 0 Å². The molecule has 0 aliphatic carbocycles. The molecule has 0 atom stereocenters. The van der Waals surface area contributed by atoms with Crippen LogP contribution in [0.15, 0.2) is 15.0 Å². The minimum absolute atomic E-state index is 0.0316. The lowest BCUT2D eigenvalue weighted by atomic mass is 10.3. The van der Waals surface area contributed by atoms with E-state index in [0.29, 0.717) is 4.88 Å². The molecule has 0 aliphatic rings. The molecule has 5 nitrogen and oxygen atoms in total. The molecule has 0 saturated carbocycles. The van der Waals surface area contributed by atoms with Gasteiger partial charge in [0.25, 0.3) is 5.91 Å². The quantitative estimate of drug-likeness (QED) is 0.339. The normalized spacial score (nSPS) is 11.5. The summed E-state index contributed by atoms with van der Waals surface area (Å²) in [6.45, 7) is 1.94. The summed E-state index contributed by atoms with van der Waals surface area (Å²) in [5.74, 6) is -0.268. The van der Waals surface area contributed by atoms with Gasteiger partial charge in [-0.1, -0.05) is 5.16 Å². The molecule has 0 aromatic carbocycles. The zero-order valence-electron chi connectivity index (χ0n) is 7.95. The van der Waals surface area contributed by atoms with Crippen molar-refractivity contribution in [2.24, 2.45) is 10.9 Å². The summed E-state index contributed by atoms with van der Waals surface area (Å²) in [7, 11) is 0. The van der Waals surface area contributed by atoms with Crippen LogP contribution in [-0.2, 0) is 0 Å². The van der Waals surface area contributed by atoms with Gasteiger partial charge in [-0.05, 0) is 34.5 Å². The van der Waals surface area contributed by atoms with Crippen LogP contribution >= 0.6 is 27.3 Å². The van der Waals surface area contributed by atoms with Crippen LogP contribution < -0.4 is 11.1 Å². The second kappa shape index (κ2) is 5.13. The number of amidine groups is 1. The Morgan fingerprint density at radius 3 is 2.93 bits per heavy atom. The Morgan fingerprint density at radius 1 is 1.80 bits per heavy atom. The van der Waals surface area contributed by atoms with E-state index < -0.39 is 0 Å². The number of carbonyl (C=O) groups is 1. The number of rotatable bonds is 3. The minimum atomic E-state index is -0.236. The maximum absolute atomic E-state index is 11.5. The van der Waals surface area contributed by atoms with Gasteiger partial charge in [0.1, 0.15) is 0 Å². The first-order chi connectivity index (χ1) is 7.04. The van der Waals surface area contributed by atoms with Crippen molar-refractivity contribution in [3.05, 3.63) is 20.3 Å². The van der Waals surface area contributed by atoms with Crippen LogP contribution in [0.25, 0.3) is 0 Å². The fourth-order valence-corrected chi connectivity index (χ4v) is 2.32. The molecule has 1 amide bonds. The van der Waals surface area contributed by atoms with Crippen molar-refractivity contribution in [1.82, 2.24) is 5.32 Å². The van der Waals surface area contributed by atoms with Gasteiger partial charge in [-0.25, -0.2) is 0 Å². The number of nitrogens with two attached hydrogens (primary N) is 1. The Bertz CT molecular complexity index is 383. The molecule has 82 valence electrons. The van der Waals surface area contributed by atoms with Crippen molar-refractivity contribution in [2.75, 3.05) is 6.54 Å². The smallest absolute Gasteiger partial charge is 0.261 e. The number of hydrogen-bond donors (Lipinski definition) is 3. The molecule has 7 heteroatoms. The lowest BCUT2D eigenvalue weighted by Gasteiger charge is -2.00. The second-order valence-corrected chi connectivity index (χ2v) is 5.21. The van der Waals surface area contributed by atoms with Crippen molar-refractivity contribution in [3.63, 3.8) is 0 Å². The molecule has 1 rings (SSSR count). The van der Waals surface area contributed by atoms with E-state index in [4.69, 9.17) is 10.9 Å². The van der Waals surface area contributed by atoms with Crippen LogP contribution in [0.1, 0.15) is 15.2 Å². The first-order valence-corrected chi connectivity index (χ1v) is 5.66. The van der Waals surface area contributed by atoms with Crippen LogP contribution in [0.2, 0.25) is 0 Å². The molecule has 0 bridgehead atoms. The van der Waals surface area contributed by atoms with Gasteiger partial charge >= 0.3 is 0 Å². The van der Waals surface area contributed by atoms with E-state index in [9.17, 15) is 4.79 Å². The zero-order chi connectivity index (χ0) is 11.4. The highest BCUT2D eigenvalue weighted by Gasteiger charge is 2.10. The van der Waals surface area contributed by atoms with Gasteiger partial charge < -0.3 is 16.3 Å². The second-order valence-electron chi connectivity index (χ2n) is 2.84. The molecular formula is C8H10BrN3O2S. The molecule has 0 aliphatic heterocycles. The van der Waals surface area contributed by atoms with E-state index in [1.807, 2.05) is 6.92 Å². The molecule has 1 heterocycles. The monoisotopic (exact) mass is 291 g/mol. The van der Waals surface area contributed by atoms with Gasteiger partial charge in [-0.3, -0.25) is 4.79 Å². The van der Waals surface area contributed by atoms with E-state index in [1.165, 1.54) is 11.3 Å². The SMILES string of the molecule is Cc1cc(C(=O)NCC(N)=NO)sc1Br. The van der Waals surface area contributed by atoms with Gasteiger partial charge in [0, 0.05) is 0 Å². The topological polar surface area (TPSA) is 87.7 Å². The number of hydrogen-bond acceptors (Lipinski definition) is 4. The highest BCUT2D eigenvalue weighted by Crippen LogP contribution is 2.26. The van der Waals surface area contributed by atoms with Crippen molar-refractivity contribution >= 4 is 39.0 Å². The molecule has 0 spiro atoms. The lowest BCUT2D eigenvalue weighted by molar-refractivity contribution is 0.0963. The van der Waals surface area contributed by atoms with Crippen molar-refractivity contribution in [1.29, 1.82) is 0 Å². The Hall–Kier alpha value is -1.08. The fourth-order valence-electron chi connectivity index (χ4n) is 0.865. The fraction of sp³-hybridized carbons (Fsp3) is 0.250. The molecule has 4 N–H and O–H groups in total. The third-order valence-corrected chi connectivity index (χ3v) is 3.77. The van der Waals surface area contributed by atoms with Crippen LogP contribution in [-0.4, -0.2) is 23.5 Å². The largest absolute Gasteiger partial charge is 0.409 e. The summed E-state index contributed by atoms with van der Waals surface area (Å²) in [4.78, 5) is 12.1. The molecule has 0 unspecified atom stereocenters. The Kier molecular flexibility index (Phi) is 4.10. The van der Waals surface area contributed by atoms with Crippen molar-refractivity contribution in [3.8, 4) is 0 Å². The van der Waals surface area contributed by atoms with Gasteiger partial charge in [0.2, 0.25) is 0 Å². The number of halogens is 1. The first-order valence-electron chi connectivity index (χ1n) is 4.05. The third kappa shape index (κ3) is 3.21. The molecule has 1 aromatic heterocycles. The van der Waals surface area contributed by atoms with Crippen LogP contribution in [0, 0.1) is 6.92 Å². The predicted octanol–water partition coefficient (Wildman–Crippen LogP) is 1.30. The van der Waals surface area contributed by atoms with Crippen molar-refractivity contribution < 1.29 is 10.0 Å². The summed E-state index contributed by atoms with van der Waals surface area (Å²) < 4.78 is 0.927. The molecule has 15 heavy (non-hydrogen) atoms. The number of carbonyl (C=O) groups excluding carboxylic acids is 1. The van der Waals surface area contributed by atoms with Gasteiger partial charge in [0.05, 0.1) is 15.2 Å². The average molecular weight is 292 g/mol. The van der Waals surface area contributed by atoms with E-state index in [-0.39, 0.29) is 18.3 Å². The van der Waals surface area contributed by atoms with E-state index >= 15 is 0 Å². The van der Waals surface area contributed by atoms with E-state index in [2.05, 4.69) is 26.4 Å². The lowest BCUT2D eigenvalue weighted by Crippen LogP contribution is -2.33.